The van der Waals surface area contributed by atoms with Gasteiger partial charge in [0.05, 0.1) is 6.04 Å². The van der Waals surface area contributed by atoms with Crippen LogP contribution in [0.2, 0.25) is 0 Å². The van der Waals surface area contributed by atoms with Gasteiger partial charge < -0.3 is 20.4 Å². The maximum absolute atomic E-state index is 5.62. The van der Waals surface area contributed by atoms with Crippen molar-refractivity contribution >= 4 is 34.9 Å². The Kier molecular flexibility index (Phi) is 7.79. The summed E-state index contributed by atoms with van der Waals surface area (Å²) in [5.74, 6) is 3.38. The van der Waals surface area contributed by atoms with Crippen LogP contribution in [0.1, 0.15) is 64.0 Å². The molecule has 7 heteroatoms. The number of hydrogen-bond donors (Lipinski definition) is 2. The van der Waals surface area contributed by atoms with Crippen LogP contribution in [-0.2, 0) is 0 Å². The zero-order chi connectivity index (χ0) is 22.3. The van der Waals surface area contributed by atoms with Crippen LogP contribution in [0.25, 0.3) is 0 Å². The molecule has 172 valence electrons. The second-order valence-electron chi connectivity index (χ2n) is 9.21. The summed E-state index contributed by atoms with van der Waals surface area (Å²) in [6, 6.07) is 12.6. The summed E-state index contributed by atoms with van der Waals surface area (Å²) in [7, 11) is 0. The SMILES string of the molecule is CC1CCN(c2cc(N3CCCCCC3)nc(NC(=S)N[C@@H](C)c3ccccc3)n2)CC1. The van der Waals surface area contributed by atoms with Crippen molar-refractivity contribution in [2.24, 2.45) is 5.92 Å². The molecule has 4 rings (SSSR count). The number of thiocarbonyl (C=S) groups is 1. The van der Waals surface area contributed by atoms with Crippen molar-refractivity contribution in [1.82, 2.24) is 15.3 Å². The molecule has 2 aliphatic heterocycles. The van der Waals surface area contributed by atoms with Crippen LogP contribution in [0.15, 0.2) is 36.4 Å². The minimum absolute atomic E-state index is 0.105. The highest BCUT2D eigenvalue weighted by Gasteiger charge is 2.21. The average Bonchev–Trinajstić information content (AvgIpc) is 3.09. The molecule has 0 bridgehead atoms. The highest BCUT2D eigenvalue weighted by molar-refractivity contribution is 7.80. The van der Waals surface area contributed by atoms with Crippen LogP contribution in [-0.4, -0.2) is 41.3 Å². The Balaban J connectivity index is 1.52. The zero-order valence-electron chi connectivity index (χ0n) is 19.4. The third-order valence-electron chi connectivity index (χ3n) is 6.61. The van der Waals surface area contributed by atoms with Crippen molar-refractivity contribution in [3.05, 3.63) is 42.0 Å². The van der Waals surface area contributed by atoms with Gasteiger partial charge in [0.25, 0.3) is 0 Å². The molecule has 32 heavy (non-hydrogen) atoms. The standard InChI is InChI=1S/C25H36N6S/c1-19-12-16-31(17-13-19)23-18-22(30-14-8-3-4-9-15-30)27-24(28-23)29-25(32)26-20(2)21-10-6-5-7-11-21/h5-7,10-11,18-20H,3-4,8-9,12-17H2,1-2H3,(H2,26,27,28,29,32)/t20-/m0/s1. The first-order valence-electron chi connectivity index (χ1n) is 12.1. The maximum atomic E-state index is 5.62. The third kappa shape index (κ3) is 6.09. The number of rotatable bonds is 5. The van der Waals surface area contributed by atoms with Gasteiger partial charge >= 0.3 is 0 Å². The zero-order valence-corrected chi connectivity index (χ0v) is 20.2. The molecule has 2 aromatic rings. The number of hydrogen-bond acceptors (Lipinski definition) is 5. The van der Waals surface area contributed by atoms with E-state index in [1.807, 2.05) is 18.2 Å². The minimum atomic E-state index is 0.105. The lowest BCUT2D eigenvalue weighted by atomic mass is 9.99. The number of aromatic nitrogens is 2. The molecule has 2 aliphatic rings. The van der Waals surface area contributed by atoms with Crippen LogP contribution >= 0.6 is 12.2 Å². The summed E-state index contributed by atoms with van der Waals surface area (Å²) >= 11 is 5.62. The van der Waals surface area contributed by atoms with Gasteiger partial charge in [-0.15, -0.1) is 0 Å². The third-order valence-corrected chi connectivity index (χ3v) is 6.83. The van der Waals surface area contributed by atoms with Gasteiger partial charge in [-0.3, -0.25) is 0 Å². The van der Waals surface area contributed by atoms with E-state index >= 15 is 0 Å². The molecule has 0 radical (unpaired) electrons. The van der Waals surface area contributed by atoms with E-state index in [0.29, 0.717) is 11.1 Å². The Morgan fingerprint density at radius 2 is 1.53 bits per heavy atom. The molecule has 0 aliphatic carbocycles. The van der Waals surface area contributed by atoms with Crippen molar-refractivity contribution in [1.29, 1.82) is 0 Å². The van der Waals surface area contributed by atoms with Crippen molar-refractivity contribution in [2.75, 3.05) is 41.3 Å². The van der Waals surface area contributed by atoms with E-state index in [1.165, 1.54) is 44.1 Å². The van der Waals surface area contributed by atoms with Crippen molar-refractivity contribution in [2.45, 2.75) is 58.4 Å². The lowest BCUT2D eigenvalue weighted by molar-refractivity contribution is 0.436. The first kappa shape index (κ1) is 22.8. The maximum Gasteiger partial charge on any atom is 0.232 e. The molecular formula is C25H36N6S. The van der Waals surface area contributed by atoms with Gasteiger partial charge in [-0.05, 0) is 56.3 Å². The van der Waals surface area contributed by atoms with Gasteiger partial charge in [0.2, 0.25) is 5.95 Å². The van der Waals surface area contributed by atoms with E-state index in [4.69, 9.17) is 22.2 Å². The Morgan fingerprint density at radius 1 is 0.938 bits per heavy atom. The minimum Gasteiger partial charge on any atom is -0.356 e. The van der Waals surface area contributed by atoms with Crippen molar-refractivity contribution in [3.8, 4) is 0 Å². The fourth-order valence-corrected chi connectivity index (χ4v) is 4.77. The van der Waals surface area contributed by atoms with Gasteiger partial charge in [-0.1, -0.05) is 50.1 Å². The van der Waals surface area contributed by atoms with Crippen LogP contribution < -0.4 is 20.4 Å². The molecule has 2 saturated heterocycles. The summed E-state index contributed by atoms with van der Waals surface area (Å²) in [4.78, 5) is 14.6. The van der Waals surface area contributed by atoms with E-state index in [9.17, 15) is 0 Å². The average molecular weight is 453 g/mol. The van der Waals surface area contributed by atoms with Gasteiger partial charge in [0, 0.05) is 32.2 Å². The molecule has 0 saturated carbocycles. The Bertz CT molecular complexity index is 873. The topological polar surface area (TPSA) is 56.3 Å². The molecule has 3 heterocycles. The molecule has 0 unspecified atom stereocenters. The van der Waals surface area contributed by atoms with Crippen LogP contribution in [0.3, 0.4) is 0 Å². The van der Waals surface area contributed by atoms with E-state index in [1.54, 1.807) is 0 Å². The number of nitrogens with zero attached hydrogens (tertiary/aromatic N) is 4. The van der Waals surface area contributed by atoms with E-state index in [0.717, 1.165) is 43.7 Å². The molecule has 6 nitrogen and oxygen atoms in total. The molecule has 1 aromatic heterocycles. The lowest BCUT2D eigenvalue weighted by Gasteiger charge is -2.32. The van der Waals surface area contributed by atoms with Crippen LogP contribution in [0.5, 0.6) is 0 Å². The highest BCUT2D eigenvalue weighted by Crippen LogP contribution is 2.27. The quantitative estimate of drug-likeness (QED) is 0.609. The van der Waals surface area contributed by atoms with Gasteiger partial charge in [-0.25, -0.2) is 0 Å². The Morgan fingerprint density at radius 3 is 2.16 bits per heavy atom. The Labute approximate surface area is 197 Å². The molecule has 1 aromatic carbocycles. The summed E-state index contributed by atoms with van der Waals surface area (Å²) in [5.41, 5.74) is 1.19. The normalized spacial score (nSPS) is 18.7. The second kappa shape index (κ2) is 10.9. The Hall–Kier alpha value is -2.41. The summed E-state index contributed by atoms with van der Waals surface area (Å²) < 4.78 is 0. The first-order chi connectivity index (χ1) is 15.6. The van der Waals surface area contributed by atoms with E-state index in [-0.39, 0.29) is 6.04 Å². The van der Waals surface area contributed by atoms with Crippen molar-refractivity contribution < 1.29 is 0 Å². The van der Waals surface area contributed by atoms with Crippen molar-refractivity contribution in [3.63, 3.8) is 0 Å². The fraction of sp³-hybridized carbons (Fsp3) is 0.560. The smallest absolute Gasteiger partial charge is 0.232 e. The number of benzene rings is 1. The monoisotopic (exact) mass is 452 g/mol. The number of anilines is 3. The number of piperidine rings is 1. The van der Waals surface area contributed by atoms with Crippen LogP contribution in [0, 0.1) is 5.92 Å². The van der Waals surface area contributed by atoms with Gasteiger partial charge in [0.1, 0.15) is 11.6 Å². The summed E-state index contributed by atoms with van der Waals surface area (Å²) in [6.07, 6.45) is 7.46. The molecular weight excluding hydrogens is 416 g/mol. The summed E-state index contributed by atoms with van der Waals surface area (Å²) in [6.45, 7) is 8.65. The predicted molar refractivity (Wildman–Crippen MR) is 138 cm³/mol. The highest BCUT2D eigenvalue weighted by atomic mass is 32.1. The fourth-order valence-electron chi connectivity index (χ4n) is 4.50. The largest absolute Gasteiger partial charge is 0.356 e. The predicted octanol–water partition coefficient (Wildman–Crippen LogP) is 5.14. The molecule has 1 atom stereocenters. The first-order valence-corrected chi connectivity index (χ1v) is 12.5. The molecule has 0 spiro atoms. The van der Waals surface area contributed by atoms with Crippen LogP contribution in [0.4, 0.5) is 17.6 Å². The summed E-state index contributed by atoms with van der Waals surface area (Å²) in [5, 5.41) is 7.19. The van der Waals surface area contributed by atoms with Gasteiger partial charge in [0.15, 0.2) is 5.11 Å². The second-order valence-corrected chi connectivity index (χ2v) is 9.62. The van der Waals surface area contributed by atoms with E-state index in [2.05, 4.69) is 52.5 Å². The molecule has 0 amide bonds. The number of nitrogens with one attached hydrogen (secondary N) is 2. The molecule has 2 N–H and O–H groups in total. The van der Waals surface area contributed by atoms with Gasteiger partial charge in [-0.2, -0.15) is 9.97 Å². The van der Waals surface area contributed by atoms with E-state index < -0.39 is 0 Å². The molecule has 2 fully saturated rings. The lowest BCUT2D eigenvalue weighted by Crippen LogP contribution is -2.35.